The number of anilines is 1. The van der Waals surface area contributed by atoms with Crippen LogP contribution in [0.1, 0.15) is 43.1 Å². The Morgan fingerprint density at radius 1 is 1.15 bits per heavy atom. The van der Waals surface area contributed by atoms with Crippen molar-refractivity contribution in [3.63, 3.8) is 0 Å². The van der Waals surface area contributed by atoms with Gasteiger partial charge in [-0.25, -0.2) is 15.0 Å². The predicted octanol–water partition coefficient (Wildman–Crippen LogP) is 2.71. The molecule has 0 atom stereocenters. The Hall–Kier alpha value is -3.04. The lowest BCUT2D eigenvalue weighted by molar-refractivity contribution is 0.0398. The molecule has 1 aliphatic heterocycles. The Bertz CT molecular complexity index is 1120. The third-order valence-electron chi connectivity index (χ3n) is 6.14. The molecule has 2 fully saturated rings. The maximum atomic E-state index is 12.3. The van der Waals surface area contributed by atoms with E-state index in [1.807, 2.05) is 24.3 Å². The second-order valence-electron chi connectivity index (χ2n) is 9.00. The number of benzene rings is 1. The molecule has 1 amide bonds. The molecule has 0 radical (unpaired) electrons. The van der Waals surface area contributed by atoms with E-state index in [1.165, 1.54) is 0 Å². The lowest BCUT2D eigenvalue weighted by atomic mass is 10.1. The summed E-state index contributed by atoms with van der Waals surface area (Å²) in [7, 11) is 0. The van der Waals surface area contributed by atoms with E-state index in [2.05, 4.69) is 43.9 Å². The van der Waals surface area contributed by atoms with Crippen LogP contribution in [-0.2, 0) is 4.74 Å². The van der Waals surface area contributed by atoms with Gasteiger partial charge in [-0.1, -0.05) is 12.1 Å². The maximum Gasteiger partial charge on any atom is 0.251 e. The van der Waals surface area contributed by atoms with Crippen LogP contribution in [0.25, 0.3) is 22.6 Å². The van der Waals surface area contributed by atoms with Crippen molar-refractivity contribution >= 4 is 22.9 Å². The quantitative estimate of drug-likeness (QED) is 0.546. The van der Waals surface area contributed by atoms with E-state index in [4.69, 9.17) is 9.72 Å². The van der Waals surface area contributed by atoms with Crippen LogP contribution in [0.5, 0.6) is 0 Å². The first-order valence-electron chi connectivity index (χ1n) is 11.8. The zero-order valence-electron chi connectivity index (χ0n) is 19.3. The topological polar surface area (TPSA) is 97.2 Å². The van der Waals surface area contributed by atoms with Crippen LogP contribution in [0.4, 0.5) is 5.82 Å². The molecule has 0 unspecified atom stereocenters. The Kier molecular flexibility index (Phi) is 6.24. The fraction of sp³-hybridized carbons (Fsp3) is 0.500. The number of imidazole rings is 1. The van der Waals surface area contributed by atoms with Crippen molar-refractivity contribution < 1.29 is 9.53 Å². The molecule has 3 heterocycles. The largest absolute Gasteiger partial charge is 0.379 e. The number of hydrogen-bond donors (Lipinski definition) is 2. The molecule has 9 nitrogen and oxygen atoms in total. The average Bonchev–Trinajstić information content (AvgIpc) is 3.55. The Morgan fingerprint density at radius 3 is 2.61 bits per heavy atom. The maximum absolute atomic E-state index is 12.3. The molecular formula is C24H31N7O2. The van der Waals surface area contributed by atoms with Crippen LogP contribution in [0.15, 0.2) is 30.6 Å². The number of hydrogen-bond acceptors (Lipinski definition) is 7. The monoisotopic (exact) mass is 449 g/mol. The normalized spacial score (nSPS) is 16.9. The summed E-state index contributed by atoms with van der Waals surface area (Å²) >= 11 is 0. The highest BCUT2D eigenvalue weighted by molar-refractivity contribution is 5.95. The van der Waals surface area contributed by atoms with Gasteiger partial charge in [-0.05, 0) is 38.8 Å². The van der Waals surface area contributed by atoms with Crippen molar-refractivity contribution in [2.24, 2.45) is 0 Å². The summed E-state index contributed by atoms with van der Waals surface area (Å²) in [6, 6.07) is 8.16. The van der Waals surface area contributed by atoms with Crippen LogP contribution in [-0.4, -0.2) is 75.8 Å². The number of nitrogens with zero attached hydrogens (tertiary/aromatic N) is 5. The zero-order chi connectivity index (χ0) is 22.8. The van der Waals surface area contributed by atoms with Gasteiger partial charge in [0.15, 0.2) is 17.0 Å². The van der Waals surface area contributed by atoms with Gasteiger partial charge in [0.2, 0.25) is 0 Å². The molecule has 1 aliphatic carbocycles. The summed E-state index contributed by atoms with van der Waals surface area (Å²) in [4.78, 5) is 28.7. The van der Waals surface area contributed by atoms with Crippen LogP contribution in [0, 0.1) is 0 Å². The molecule has 2 aromatic heterocycles. The molecule has 9 heteroatoms. The van der Waals surface area contributed by atoms with Gasteiger partial charge in [0.25, 0.3) is 5.91 Å². The van der Waals surface area contributed by atoms with Crippen molar-refractivity contribution in [2.45, 2.75) is 38.8 Å². The summed E-state index contributed by atoms with van der Waals surface area (Å²) < 4.78 is 7.55. The van der Waals surface area contributed by atoms with Crippen LogP contribution in [0.2, 0.25) is 0 Å². The van der Waals surface area contributed by atoms with Gasteiger partial charge in [-0.15, -0.1) is 0 Å². The summed E-state index contributed by atoms with van der Waals surface area (Å²) in [6.45, 7) is 9.45. The van der Waals surface area contributed by atoms with Crippen molar-refractivity contribution in [1.29, 1.82) is 0 Å². The molecule has 3 aromatic rings. The Balaban J connectivity index is 1.39. The van der Waals surface area contributed by atoms with Crippen LogP contribution >= 0.6 is 0 Å². The SMILES string of the molecule is CC(C)n1c(-c2ccc(C(=O)NC3CC3)cc2)nc2c(NCCN3CCOCC3)ncnc21. The molecule has 0 spiro atoms. The highest BCUT2D eigenvalue weighted by atomic mass is 16.5. The number of amides is 1. The van der Waals surface area contributed by atoms with Gasteiger partial charge >= 0.3 is 0 Å². The van der Waals surface area contributed by atoms with Crippen LogP contribution < -0.4 is 10.6 Å². The fourth-order valence-electron chi connectivity index (χ4n) is 4.16. The summed E-state index contributed by atoms with van der Waals surface area (Å²) in [6.07, 6.45) is 3.74. The molecular weight excluding hydrogens is 418 g/mol. The molecule has 1 aromatic carbocycles. The second kappa shape index (κ2) is 9.44. The highest BCUT2D eigenvalue weighted by Gasteiger charge is 2.24. The van der Waals surface area contributed by atoms with Crippen molar-refractivity contribution in [2.75, 3.05) is 44.7 Å². The van der Waals surface area contributed by atoms with E-state index in [9.17, 15) is 4.79 Å². The van der Waals surface area contributed by atoms with Gasteiger partial charge in [0.1, 0.15) is 12.2 Å². The molecule has 0 bridgehead atoms. The number of carbonyl (C=O) groups is 1. The van der Waals surface area contributed by atoms with Gasteiger partial charge in [0, 0.05) is 49.4 Å². The predicted molar refractivity (Wildman–Crippen MR) is 127 cm³/mol. The first-order chi connectivity index (χ1) is 16.1. The lowest BCUT2D eigenvalue weighted by Gasteiger charge is -2.26. The molecule has 1 saturated carbocycles. The highest BCUT2D eigenvalue weighted by Crippen LogP contribution is 2.30. The van der Waals surface area contributed by atoms with Gasteiger partial charge < -0.3 is 19.9 Å². The van der Waals surface area contributed by atoms with Crippen molar-refractivity contribution in [1.82, 2.24) is 29.7 Å². The smallest absolute Gasteiger partial charge is 0.251 e. The molecule has 1 saturated heterocycles. The second-order valence-corrected chi connectivity index (χ2v) is 9.00. The van der Waals surface area contributed by atoms with Crippen molar-refractivity contribution in [3.8, 4) is 11.4 Å². The van der Waals surface area contributed by atoms with Gasteiger partial charge in [0.05, 0.1) is 13.2 Å². The Labute approximate surface area is 193 Å². The number of nitrogens with one attached hydrogen (secondary N) is 2. The minimum absolute atomic E-state index is 0.0148. The molecule has 174 valence electrons. The minimum Gasteiger partial charge on any atom is -0.379 e. The van der Waals surface area contributed by atoms with E-state index in [0.29, 0.717) is 11.6 Å². The van der Waals surface area contributed by atoms with Gasteiger partial charge in [-0.2, -0.15) is 0 Å². The molecule has 2 N–H and O–H groups in total. The third-order valence-corrected chi connectivity index (χ3v) is 6.14. The third kappa shape index (κ3) is 4.84. The van der Waals surface area contributed by atoms with E-state index in [0.717, 1.165) is 80.6 Å². The summed E-state index contributed by atoms with van der Waals surface area (Å²) in [5, 5.41) is 6.49. The first-order valence-corrected chi connectivity index (χ1v) is 11.8. The number of morpholine rings is 1. The molecule has 2 aliphatic rings. The number of ether oxygens (including phenoxy) is 1. The zero-order valence-corrected chi connectivity index (χ0v) is 19.3. The number of fused-ring (bicyclic) bond motifs is 1. The number of carbonyl (C=O) groups excluding carboxylic acids is 1. The van der Waals surface area contributed by atoms with E-state index in [-0.39, 0.29) is 11.9 Å². The average molecular weight is 450 g/mol. The summed E-state index contributed by atoms with van der Waals surface area (Å²) in [5.74, 6) is 1.55. The van der Waals surface area contributed by atoms with Crippen molar-refractivity contribution in [3.05, 3.63) is 36.2 Å². The van der Waals surface area contributed by atoms with E-state index >= 15 is 0 Å². The first kappa shape index (κ1) is 21.8. The van der Waals surface area contributed by atoms with Crippen LogP contribution in [0.3, 0.4) is 0 Å². The standard InChI is InChI=1S/C24H31N7O2/c1-16(2)31-22(17-3-5-18(6-4-17)24(32)28-19-7-8-19)29-20-21(26-15-27-23(20)31)25-9-10-30-11-13-33-14-12-30/h3-6,15-16,19H,7-14H2,1-2H3,(H,28,32)(H,25,26,27). The van der Waals surface area contributed by atoms with Gasteiger partial charge in [-0.3, -0.25) is 9.69 Å². The fourth-order valence-corrected chi connectivity index (χ4v) is 4.16. The van der Waals surface area contributed by atoms with E-state index in [1.54, 1.807) is 6.33 Å². The Morgan fingerprint density at radius 2 is 1.91 bits per heavy atom. The molecule has 33 heavy (non-hydrogen) atoms. The number of rotatable bonds is 8. The van der Waals surface area contributed by atoms with E-state index < -0.39 is 0 Å². The lowest BCUT2D eigenvalue weighted by Crippen LogP contribution is -2.39. The minimum atomic E-state index is -0.0148. The summed E-state index contributed by atoms with van der Waals surface area (Å²) in [5.41, 5.74) is 3.19. The number of aromatic nitrogens is 4. The molecule has 5 rings (SSSR count).